The summed E-state index contributed by atoms with van der Waals surface area (Å²) in [6.07, 6.45) is 0.0748. The molecule has 0 bridgehead atoms. The summed E-state index contributed by atoms with van der Waals surface area (Å²) in [7, 11) is 0. The van der Waals surface area contributed by atoms with Gasteiger partial charge in [0.2, 0.25) is 0 Å². The summed E-state index contributed by atoms with van der Waals surface area (Å²) in [6, 6.07) is 9.21. The van der Waals surface area contributed by atoms with Crippen LogP contribution in [0.4, 0.5) is 8.78 Å². The first-order valence-electron chi connectivity index (χ1n) is 5.32. The molecule has 2 aromatic carbocycles. The summed E-state index contributed by atoms with van der Waals surface area (Å²) in [5, 5.41) is 9.10. The summed E-state index contributed by atoms with van der Waals surface area (Å²) in [6.45, 7) is 0. The Labute approximate surface area is 103 Å². The van der Waals surface area contributed by atoms with E-state index in [0.717, 1.165) is 12.1 Å². The Kier molecular flexibility index (Phi) is 3.37. The third-order valence-electron chi connectivity index (χ3n) is 2.54. The van der Waals surface area contributed by atoms with E-state index in [1.54, 1.807) is 12.1 Å². The Morgan fingerprint density at radius 2 is 1.67 bits per heavy atom. The van der Waals surface area contributed by atoms with Crippen LogP contribution < -0.4 is 0 Å². The average Bonchev–Trinajstić information content (AvgIpc) is 2.35. The topological polar surface area (TPSA) is 37.3 Å². The van der Waals surface area contributed by atoms with Gasteiger partial charge in [0.15, 0.2) is 17.4 Å². The van der Waals surface area contributed by atoms with E-state index in [-0.39, 0.29) is 23.5 Å². The predicted molar refractivity (Wildman–Crippen MR) is 62.5 cm³/mol. The molecule has 0 aliphatic rings. The number of aromatic hydroxyl groups is 1. The molecule has 0 atom stereocenters. The fourth-order valence-corrected chi connectivity index (χ4v) is 1.57. The number of phenolic OH excluding ortho intramolecular Hbond substituents is 1. The molecule has 1 N–H and O–H groups in total. The van der Waals surface area contributed by atoms with Crippen molar-refractivity contribution in [2.45, 2.75) is 6.42 Å². The van der Waals surface area contributed by atoms with Gasteiger partial charge in [0, 0.05) is 12.0 Å². The molecule has 0 fully saturated rings. The van der Waals surface area contributed by atoms with E-state index in [2.05, 4.69) is 0 Å². The van der Waals surface area contributed by atoms with Gasteiger partial charge in [0.05, 0.1) is 0 Å². The third kappa shape index (κ3) is 2.71. The van der Waals surface area contributed by atoms with E-state index in [1.807, 2.05) is 0 Å². The van der Waals surface area contributed by atoms with Crippen molar-refractivity contribution in [1.29, 1.82) is 0 Å². The normalized spacial score (nSPS) is 10.3. The zero-order valence-electron chi connectivity index (χ0n) is 9.36. The maximum atomic E-state index is 13.0. The van der Waals surface area contributed by atoms with Crippen LogP contribution in [-0.2, 0) is 6.42 Å². The highest BCUT2D eigenvalue weighted by Gasteiger charge is 2.10. The van der Waals surface area contributed by atoms with Crippen LogP contribution in [0.25, 0.3) is 0 Å². The van der Waals surface area contributed by atoms with Crippen molar-refractivity contribution in [3.8, 4) is 5.75 Å². The molecule has 0 saturated heterocycles. The number of carbonyl (C=O) groups excluding carboxylic acids is 1. The maximum Gasteiger partial charge on any atom is 0.167 e. The second kappa shape index (κ2) is 4.96. The van der Waals surface area contributed by atoms with Crippen molar-refractivity contribution in [1.82, 2.24) is 0 Å². The van der Waals surface area contributed by atoms with Gasteiger partial charge >= 0.3 is 0 Å². The molecular formula is C14H10F2O2. The van der Waals surface area contributed by atoms with Crippen molar-refractivity contribution in [2.24, 2.45) is 0 Å². The molecule has 2 aromatic rings. The molecule has 92 valence electrons. The first kappa shape index (κ1) is 12.2. The Hall–Kier alpha value is -2.23. The highest BCUT2D eigenvalue weighted by atomic mass is 19.2. The van der Waals surface area contributed by atoms with Gasteiger partial charge in [-0.3, -0.25) is 4.79 Å². The number of phenols is 1. The molecule has 0 spiro atoms. The van der Waals surface area contributed by atoms with Gasteiger partial charge in [-0.2, -0.15) is 0 Å². The largest absolute Gasteiger partial charge is 0.508 e. The number of Topliss-reactive ketones (excluding diaryl/α,β-unsaturated/α-hetero) is 1. The van der Waals surface area contributed by atoms with Gasteiger partial charge in [-0.1, -0.05) is 12.1 Å². The van der Waals surface area contributed by atoms with Crippen LogP contribution in [0.1, 0.15) is 15.9 Å². The summed E-state index contributed by atoms with van der Waals surface area (Å²) >= 11 is 0. The van der Waals surface area contributed by atoms with Gasteiger partial charge in [-0.25, -0.2) is 8.78 Å². The van der Waals surface area contributed by atoms with Gasteiger partial charge in [0.25, 0.3) is 0 Å². The van der Waals surface area contributed by atoms with Gasteiger partial charge in [-0.05, 0) is 35.9 Å². The molecule has 0 saturated carbocycles. The lowest BCUT2D eigenvalue weighted by Gasteiger charge is -2.02. The fourth-order valence-electron chi connectivity index (χ4n) is 1.57. The Morgan fingerprint density at radius 1 is 1.00 bits per heavy atom. The van der Waals surface area contributed by atoms with Crippen molar-refractivity contribution >= 4 is 5.78 Å². The molecule has 2 rings (SSSR count). The van der Waals surface area contributed by atoms with Crippen molar-refractivity contribution < 1.29 is 18.7 Å². The number of carbonyl (C=O) groups is 1. The van der Waals surface area contributed by atoms with Gasteiger partial charge < -0.3 is 5.11 Å². The number of rotatable bonds is 3. The lowest BCUT2D eigenvalue weighted by molar-refractivity contribution is 0.0992. The molecule has 0 radical (unpaired) electrons. The molecular weight excluding hydrogens is 238 g/mol. The van der Waals surface area contributed by atoms with Crippen LogP contribution in [0, 0.1) is 11.6 Å². The van der Waals surface area contributed by atoms with Gasteiger partial charge in [0.1, 0.15) is 5.75 Å². The molecule has 2 nitrogen and oxygen atoms in total. The zero-order chi connectivity index (χ0) is 13.1. The third-order valence-corrected chi connectivity index (χ3v) is 2.54. The predicted octanol–water partition coefficient (Wildman–Crippen LogP) is 3.10. The van der Waals surface area contributed by atoms with E-state index < -0.39 is 11.6 Å². The van der Waals surface area contributed by atoms with Crippen molar-refractivity contribution in [2.75, 3.05) is 0 Å². The first-order valence-corrected chi connectivity index (χ1v) is 5.32. The SMILES string of the molecule is O=C(Cc1ccc(O)cc1)c1ccc(F)c(F)c1. The van der Waals surface area contributed by atoms with Gasteiger partial charge in [-0.15, -0.1) is 0 Å². The van der Waals surface area contributed by atoms with Crippen LogP contribution in [0.2, 0.25) is 0 Å². The molecule has 0 amide bonds. The van der Waals surface area contributed by atoms with Crippen LogP contribution in [0.15, 0.2) is 42.5 Å². The standard InChI is InChI=1S/C14H10F2O2/c15-12-6-3-10(8-13(12)16)14(18)7-9-1-4-11(17)5-2-9/h1-6,8,17H,7H2. The lowest BCUT2D eigenvalue weighted by atomic mass is 10.0. The van der Waals surface area contributed by atoms with E-state index in [9.17, 15) is 13.6 Å². The van der Waals surface area contributed by atoms with Crippen molar-refractivity contribution in [3.63, 3.8) is 0 Å². The smallest absolute Gasteiger partial charge is 0.167 e. The van der Waals surface area contributed by atoms with E-state index >= 15 is 0 Å². The number of hydrogen-bond acceptors (Lipinski definition) is 2. The van der Waals surface area contributed by atoms with Crippen molar-refractivity contribution in [3.05, 3.63) is 65.2 Å². The number of hydrogen-bond donors (Lipinski definition) is 1. The van der Waals surface area contributed by atoms with Crippen LogP contribution in [0.5, 0.6) is 5.75 Å². The Morgan fingerprint density at radius 3 is 2.28 bits per heavy atom. The number of benzene rings is 2. The molecule has 0 aliphatic carbocycles. The van der Waals surface area contributed by atoms with E-state index in [0.29, 0.717) is 5.56 Å². The average molecular weight is 248 g/mol. The highest BCUT2D eigenvalue weighted by Crippen LogP contribution is 2.14. The summed E-state index contributed by atoms with van der Waals surface area (Å²) in [4.78, 5) is 11.8. The quantitative estimate of drug-likeness (QED) is 0.847. The molecule has 0 aliphatic heterocycles. The van der Waals surface area contributed by atoms with Crippen LogP contribution in [-0.4, -0.2) is 10.9 Å². The molecule has 0 unspecified atom stereocenters. The second-order valence-electron chi connectivity index (χ2n) is 3.90. The first-order chi connectivity index (χ1) is 8.56. The molecule has 0 heterocycles. The minimum atomic E-state index is -1.04. The molecule has 18 heavy (non-hydrogen) atoms. The highest BCUT2D eigenvalue weighted by molar-refractivity contribution is 5.97. The van der Waals surface area contributed by atoms with Crippen LogP contribution in [0.3, 0.4) is 0 Å². The number of ketones is 1. The summed E-state index contributed by atoms with van der Waals surface area (Å²) in [5.41, 5.74) is 0.824. The fraction of sp³-hybridized carbons (Fsp3) is 0.0714. The monoisotopic (exact) mass is 248 g/mol. The minimum Gasteiger partial charge on any atom is -0.508 e. The van der Waals surface area contributed by atoms with E-state index in [4.69, 9.17) is 5.11 Å². The molecule has 4 heteroatoms. The zero-order valence-corrected chi connectivity index (χ0v) is 9.36. The minimum absolute atomic E-state index is 0.0748. The summed E-state index contributed by atoms with van der Waals surface area (Å²) in [5.74, 6) is -2.21. The number of halogens is 2. The van der Waals surface area contributed by atoms with E-state index in [1.165, 1.54) is 18.2 Å². The summed E-state index contributed by atoms with van der Waals surface area (Å²) < 4.78 is 25.7. The Bertz CT molecular complexity index is 577. The Balaban J connectivity index is 2.16. The lowest BCUT2D eigenvalue weighted by Crippen LogP contribution is -2.04. The second-order valence-corrected chi connectivity index (χ2v) is 3.90. The molecule has 0 aromatic heterocycles. The van der Waals surface area contributed by atoms with Crippen LogP contribution >= 0.6 is 0 Å². The maximum absolute atomic E-state index is 13.0.